The van der Waals surface area contributed by atoms with Gasteiger partial charge in [-0.05, 0) is 62.9 Å². The first kappa shape index (κ1) is 15.9. The summed E-state index contributed by atoms with van der Waals surface area (Å²) in [6.07, 6.45) is 5.43. The van der Waals surface area contributed by atoms with Crippen LogP contribution in [0.25, 0.3) is 0 Å². The molecule has 2 atom stereocenters. The highest BCUT2D eigenvalue weighted by Crippen LogP contribution is 2.43. The Morgan fingerprint density at radius 1 is 1.15 bits per heavy atom. The Morgan fingerprint density at radius 3 is 2.15 bits per heavy atom. The third-order valence-electron chi connectivity index (χ3n) is 4.70. The maximum absolute atomic E-state index is 6.06. The topological polar surface area (TPSA) is 3.24 Å². The van der Waals surface area contributed by atoms with E-state index in [4.69, 9.17) is 11.6 Å². The minimum Gasteiger partial charge on any atom is -0.306 e. The first-order valence-corrected chi connectivity index (χ1v) is 8.28. The fraction of sp³-hybridized carbons (Fsp3) is 0.667. The Labute approximate surface area is 129 Å². The summed E-state index contributed by atoms with van der Waals surface area (Å²) in [7, 11) is 4.46. The van der Waals surface area contributed by atoms with E-state index in [0.29, 0.717) is 12.0 Å². The zero-order valence-electron chi connectivity index (χ0n) is 13.3. The molecule has 0 amide bonds. The molecular weight excluding hydrogens is 266 g/mol. The van der Waals surface area contributed by atoms with Crippen LogP contribution in [0.3, 0.4) is 0 Å². The largest absolute Gasteiger partial charge is 0.306 e. The summed E-state index contributed by atoms with van der Waals surface area (Å²) in [4.78, 5) is 2.43. The van der Waals surface area contributed by atoms with E-state index in [9.17, 15) is 0 Å². The van der Waals surface area contributed by atoms with E-state index < -0.39 is 0 Å². The van der Waals surface area contributed by atoms with Crippen molar-refractivity contribution in [2.24, 2.45) is 11.8 Å². The van der Waals surface area contributed by atoms with E-state index in [2.05, 4.69) is 45.0 Å². The summed E-state index contributed by atoms with van der Waals surface area (Å²) in [6, 6.07) is 9.20. The molecule has 0 aromatic heterocycles. The zero-order chi connectivity index (χ0) is 14.7. The maximum atomic E-state index is 6.06. The molecule has 1 aromatic rings. The molecule has 1 aromatic carbocycles. The van der Waals surface area contributed by atoms with Crippen LogP contribution >= 0.6 is 11.6 Å². The van der Waals surface area contributed by atoms with Crippen molar-refractivity contribution in [2.45, 2.75) is 51.5 Å². The molecular formula is C18H28ClN. The second kappa shape index (κ2) is 6.95. The van der Waals surface area contributed by atoms with Gasteiger partial charge in [0.2, 0.25) is 0 Å². The number of likely N-dealkylation sites (N-methyl/N-ethyl adjacent to an activating group) is 1. The average Bonchev–Trinajstić information content (AvgIpc) is 2.32. The van der Waals surface area contributed by atoms with E-state index in [1.165, 1.54) is 31.2 Å². The van der Waals surface area contributed by atoms with Crippen LogP contribution in [0.4, 0.5) is 0 Å². The van der Waals surface area contributed by atoms with Gasteiger partial charge in [0.15, 0.2) is 0 Å². The molecule has 112 valence electrons. The number of halogens is 1. The van der Waals surface area contributed by atoms with Gasteiger partial charge in [-0.2, -0.15) is 0 Å². The Hall–Kier alpha value is -0.530. The van der Waals surface area contributed by atoms with Crippen LogP contribution in [0.2, 0.25) is 5.02 Å². The van der Waals surface area contributed by atoms with Crippen LogP contribution in [0.5, 0.6) is 0 Å². The Kier molecular flexibility index (Phi) is 5.51. The summed E-state index contributed by atoms with van der Waals surface area (Å²) >= 11 is 6.06. The van der Waals surface area contributed by atoms with E-state index in [0.717, 1.165) is 16.9 Å². The number of rotatable bonds is 6. The van der Waals surface area contributed by atoms with Gasteiger partial charge in [-0.25, -0.2) is 0 Å². The van der Waals surface area contributed by atoms with Gasteiger partial charge in [0.05, 0.1) is 0 Å². The minimum absolute atomic E-state index is 0.626. The molecule has 0 saturated heterocycles. The average molecular weight is 294 g/mol. The lowest BCUT2D eigenvalue weighted by atomic mass is 9.68. The lowest BCUT2D eigenvalue weighted by Crippen LogP contribution is -2.40. The highest BCUT2D eigenvalue weighted by atomic mass is 35.5. The van der Waals surface area contributed by atoms with Gasteiger partial charge in [0, 0.05) is 17.0 Å². The first-order chi connectivity index (χ1) is 9.49. The van der Waals surface area contributed by atoms with Gasteiger partial charge >= 0.3 is 0 Å². The van der Waals surface area contributed by atoms with Gasteiger partial charge in [0.1, 0.15) is 0 Å². The van der Waals surface area contributed by atoms with Crippen molar-refractivity contribution in [3.8, 4) is 0 Å². The van der Waals surface area contributed by atoms with Gasteiger partial charge in [-0.3, -0.25) is 0 Å². The predicted molar refractivity (Wildman–Crippen MR) is 88.5 cm³/mol. The number of hydrogen-bond donors (Lipinski definition) is 0. The molecule has 1 aliphatic rings. The summed E-state index contributed by atoms with van der Waals surface area (Å²) in [5.41, 5.74) is 1.47. The number of nitrogens with zero attached hydrogens (tertiary/aromatic N) is 1. The lowest BCUT2D eigenvalue weighted by molar-refractivity contribution is 0.140. The maximum Gasteiger partial charge on any atom is 0.0406 e. The van der Waals surface area contributed by atoms with Crippen molar-refractivity contribution >= 4 is 11.6 Å². The third-order valence-corrected chi connectivity index (χ3v) is 4.96. The van der Waals surface area contributed by atoms with Gasteiger partial charge in [-0.15, -0.1) is 0 Å². The van der Waals surface area contributed by atoms with E-state index in [-0.39, 0.29) is 0 Å². The molecule has 0 heterocycles. The summed E-state index contributed by atoms with van der Waals surface area (Å²) in [5.74, 6) is 2.23. The third kappa shape index (κ3) is 3.77. The van der Waals surface area contributed by atoms with Gasteiger partial charge in [0.25, 0.3) is 0 Å². The molecule has 20 heavy (non-hydrogen) atoms. The highest BCUT2D eigenvalue weighted by Gasteiger charge is 2.35. The van der Waals surface area contributed by atoms with E-state index in [1.807, 2.05) is 12.1 Å². The van der Waals surface area contributed by atoms with Gasteiger partial charge < -0.3 is 4.90 Å². The molecule has 1 saturated carbocycles. The van der Waals surface area contributed by atoms with Crippen molar-refractivity contribution in [2.75, 3.05) is 14.1 Å². The van der Waals surface area contributed by atoms with E-state index >= 15 is 0 Å². The Bertz CT molecular complexity index is 406. The number of benzene rings is 1. The zero-order valence-corrected chi connectivity index (χ0v) is 14.0. The highest BCUT2D eigenvalue weighted by molar-refractivity contribution is 6.30. The molecule has 0 N–H and O–H groups in total. The second-order valence-electron chi connectivity index (χ2n) is 6.93. The molecule has 0 bridgehead atoms. The smallest absolute Gasteiger partial charge is 0.0406 e. The SMILES string of the molecule is CC(C)C[C@@H]([C@H](c1ccc(Cl)cc1)C1CCC1)N(C)C. The number of hydrogen-bond acceptors (Lipinski definition) is 1. The molecule has 1 nitrogen and oxygen atoms in total. The van der Waals surface area contributed by atoms with Crippen LogP contribution in [0.15, 0.2) is 24.3 Å². The monoisotopic (exact) mass is 293 g/mol. The molecule has 0 aliphatic heterocycles. The molecule has 0 radical (unpaired) electrons. The van der Waals surface area contributed by atoms with Crippen LogP contribution in [-0.4, -0.2) is 25.0 Å². The second-order valence-corrected chi connectivity index (χ2v) is 7.37. The standard InChI is InChI=1S/C18H28ClN/c1-13(2)12-17(20(3)4)18(14-6-5-7-14)15-8-10-16(19)11-9-15/h8-11,13-14,17-18H,5-7,12H2,1-4H3/t17-,18-/m0/s1. The van der Waals surface area contributed by atoms with Crippen molar-refractivity contribution in [3.63, 3.8) is 0 Å². The lowest BCUT2D eigenvalue weighted by Gasteiger charge is -2.42. The predicted octanol–water partition coefficient (Wildman–Crippen LogP) is 5.20. The summed E-state index contributed by atoms with van der Waals surface area (Å²) < 4.78 is 0. The van der Waals surface area contributed by atoms with Crippen LogP contribution in [-0.2, 0) is 0 Å². The molecule has 2 rings (SSSR count). The molecule has 2 heteroatoms. The summed E-state index contributed by atoms with van der Waals surface area (Å²) in [6.45, 7) is 4.66. The van der Waals surface area contributed by atoms with Crippen molar-refractivity contribution < 1.29 is 0 Å². The molecule has 0 spiro atoms. The normalized spacial score (nSPS) is 19.1. The van der Waals surface area contributed by atoms with Gasteiger partial charge in [-0.1, -0.05) is 44.0 Å². The quantitative estimate of drug-likeness (QED) is 0.697. The Morgan fingerprint density at radius 2 is 1.75 bits per heavy atom. The van der Waals surface area contributed by atoms with Crippen LogP contribution in [0, 0.1) is 11.8 Å². The Balaban J connectivity index is 2.27. The molecule has 1 aliphatic carbocycles. The fourth-order valence-electron chi connectivity index (χ4n) is 3.45. The van der Waals surface area contributed by atoms with Crippen molar-refractivity contribution in [1.29, 1.82) is 0 Å². The molecule has 1 fully saturated rings. The summed E-state index contributed by atoms with van der Waals surface area (Å²) in [5, 5.41) is 0.839. The first-order valence-electron chi connectivity index (χ1n) is 7.91. The fourth-order valence-corrected chi connectivity index (χ4v) is 3.58. The van der Waals surface area contributed by atoms with Crippen molar-refractivity contribution in [1.82, 2.24) is 4.90 Å². The minimum atomic E-state index is 0.626. The molecule has 0 unspecified atom stereocenters. The van der Waals surface area contributed by atoms with Crippen LogP contribution in [0.1, 0.15) is 51.0 Å². The van der Waals surface area contributed by atoms with Crippen LogP contribution < -0.4 is 0 Å². The van der Waals surface area contributed by atoms with Crippen molar-refractivity contribution in [3.05, 3.63) is 34.9 Å². The van der Waals surface area contributed by atoms with E-state index in [1.54, 1.807) is 0 Å².